The molecular weight excluding hydrogens is 232 g/mol. The normalized spacial score (nSPS) is 17.9. The Bertz CT molecular complexity index is 378. The monoisotopic (exact) mass is 250 g/mol. The summed E-state index contributed by atoms with van der Waals surface area (Å²) in [6.07, 6.45) is 0.275. The summed E-state index contributed by atoms with van der Waals surface area (Å²) in [5.41, 5.74) is 0.931. The van der Waals surface area contributed by atoms with Crippen LogP contribution < -0.4 is 0 Å². The molecule has 0 radical (unpaired) electrons. The zero-order valence-corrected chi connectivity index (χ0v) is 10.6. The topological polar surface area (TPSA) is 44.8 Å². The molecule has 0 unspecified atom stereocenters. The molecule has 0 N–H and O–H groups in total. The van der Waals surface area contributed by atoms with E-state index < -0.39 is 6.16 Å². The predicted octanol–water partition coefficient (Wildman–Crippen LogP) is 2.77. The van der Waals surface area contributed by atoms with E-state index in [4.69, 9.17) is 14.2 Å². The highest BCUT2D eigenvalue weighted by molar-refractivity contribution is 5.60. The van der Waals surface area contributed by atoms with Gasteiger partial charge >= 0.3 is 6.16 Å². The van der Waals surface area contributed by atoms with Crippen molar-refractivity contribution in [2.24, 2.45) is 5.41 Å². The second kappa shape index (κ2) is 5.87. The van der Waals surface area contributed by atoms with Gasteiger partial charge in [-0.25, -0.2) is 4.79 Å². The Morgan fingerprint density at radius 1 is 1.22 bits per heavy atom. The summed E-state index contributed by atoms with van der Waals surface area (Å²) in [6.45, 7) is 3.89. The second-order valence-electron chi connectivity index (χ2n) is 4.66. The molecule has 1 aliphatic heterocycles. The molecule has 1 aliphatic rings. The third-order valence-electron chi connectivity index (χ3n) is 3.26. The van der Waals surface area contributed by atoms with Gasteiger partial charge in [-0.2, -0.15) is 0 Å². The van der Waals surface area contributed by atoms with E-state index >= 15 is 0 Å². The molecule has 2 rings (SSSR count). The maximum atomic E-state index is 10.9. The van der Waals surface area contributed by atoms with E-state index in [1.54, 1.807) is 0 Å². The lowest BCUT2D eigenvalue weighted by Crippen LogP contribution is -2.42. The molecule has 1 heterocycles. The summed E-state index contributed by atoms with van der Waals surface area (Å²) < 4.78 is 15.6. The van der Waals surface area contributed by atoms with Crippen molar-refractivity contribution in [3.05, 3.63) is 35.9 Å². The van der Waals surface area contributed by atoms with Crippen LogP contribution in [0, 0.1) is 5.41 Å². The number of carbonyl (C=O) groups excluding carboxylic acids is 1. The molecule has 0 bridgehead atoms. The molecule has 1 aromatic carbocycles. The van der Waals surface area contributed by atoms with Crippen molar-refractivity contribution in [3.63, 3.8) is 0 Å². The summed E-state index contributed by atoms with van der Waals surface area (Å²) in [5.74, 6) is 0. The van der Waals surface area contributed by atoms with Gasteiger partial charge in [0.25, 0.3) is 0 Å². The van der Waals surface area contributed by atoms with Crippen molar-refractivity contribution in [1.82, 2.24) is 0 Å². The van der Waals surface area contributed by atoms with Crippen LogP contribution >= 0.6 is 0 Å². The fourth-order valence-electron chi connectivity index (χ4n) is 1.86. The number of rotatable bonds is 5. The average Bonchev–Trinajstić information content (AvgIpc) is 2.43. The Hall–Kier alpha value is -1.55. The van der Waals surface area contributed by atoms with Gasteiger partial charge in [0.05, 0.1) is 18.6 Å². The third kappa shape index (κ3) is 3.23. The standard InChI is InChI=1S/C14H18O4/c1-2-14(10-17-13(15)18-11-14)9-16-8-12-6-4-3-5-7-12/h3-7H,2,8-11H2,1H3. The SMILES string of the molecule is CCC1(COCc2ccccc2)COC(=O)OC1. The number of hydrogen-bond acceptors (Lipinski definition) is 4. The summed E-state index contributed by atoms with van der Waals surface area (Å²) in [5, 5.41) is 0. The van der Waals surface area contributed by atoms with E-state index in [-0.39, 0.29) is 5.41 Å². The first kappa shape index (κ1) is 12.9. The average molecular weight is 250 g/mol. The molecule has 1 saturated heterocycles. The van der Waals surface area contributed by atoms with Crippen LogP contribution in [-0.2, 0) is 20.8 Å². The Labute approximate surface area is 107 Å². The van der Waals surface area contributed by atoms with E-state index in [0.29, 0.717) is 26.4 Å². The number of ether oxygens (including phenoxy) is 3. The second-order valence-corrected chi connectivity index (χ2v) is 4.66. The van der Waals surface area contributed by atoms with Crippen LogP contribution in [0.5, 0.6) is 0 Å². The Kier molecular flexibility index (Phi) is 4.20. The van der Waals surface area contributed by atoms with Crippen LogP contribution in [0.3, 0.4) is 0 Å². The molecule has 18 heavy (non-hydrogen) atoms. The highest BCUT2D eigenvalue weighted by Gasteiger charge is 2.36. The van der Waals surface area contributed by atoms with Crippen molar-refractivity contribution < 1.29 is 19.0 Å². The van der Waals surface area contributed by atoms with E-state index in [2.05, 4.69) is 0 Å². The van der Waals surface area contributed by atoms with E-state index in [0.717, 1.165) is 12.0 Å². The van der Waals surface area contributed by atoms with Gasteiger partial charge < -0.3 is 14.2 Å². The number of hydrogen-bond donors (Lipinski definition) is 0. The predicted molar refractivity (Wildman–Crippen MR) is 66.1 cm³/mol. The first-order chi connectivity index (χ1) is 8.74. The Morgan fingerprint density at radius 2 is 1.89 bits per heavy atom. The summed E-state index contributed by atoms with van der Waals surface area (Å²) in [7, 11) is 0. The molecule has 0 atom stereocenters. The summed E-state index contributed by atoms with van der Waals surface area (Å²) in [4.78, 5) is 10.9. The van der Waals surface area contributed by atoms with Gasteiger partial charge in [-0.1, -0.05) is 37.3 Å². The minimum Gasteiger partial charge on any atom is -0.433 e. The van der Waals surface area contributed by atoms with Gasteiger partial charge in [0.1, 0.15) is 13.2 Å². The van der Waals surface area contributed by atoms with Crippen molar-refractivity contribution in [1.29, 1.82) is 0 Å². The van der Waals surface area contributed by atoms with Gasteiger partial charge in [0.15, 0.2) is 0 Å². The smallest absolute Gasteiger partial charge is 0.433 e. The molecule has 4 heteroatoms. The molecule has 98 valence electrons. The van der Waals surface area contributed by atoms with Crippen LogP contribution in [0.25, 0.3) is 0 Å². The molecule has 0 spiro atoms. The van der Waals surface area contributed by atoms with Gasteiger partial charge in [0, 0.05) is 0 Å². The van der Waals surface area contributed by atoms with Gasteiger partial charge in [-0.05, 0) is 12.0 Å². The largest absolute Gasteiger partial charge is 0.508 e. The number of carbonyl (C=O) groups is 1. The lowest BCUT2D eigenvalue weighted by Gasteiger charge is -2.34. The maximum Gasteiger partial charge on any atom is 0.508 e. The van der Waals surface area contributed by atoms with Gasteiger partial charge in [-0.15, -0.1) is 0 Å². The zero-order chi connectivity index (χ0) is 12.8. The lowest BCUT2D eigenvalue weighted by molar-refractivity contribution is -0.0976. The fourth-order valence-corrected chi connectivity index (χ4v) is 1.86. The van der Waals surface area contributed by atoms with Crippen LogP contribution in [0.4, 0.5) is 4.79 Å². The molecular formula is C14H18O4. The third-order valence-corrected chi connectivity index (χ3v) is 3.26. The minimum absolute atomic E-state index is 0.206. The Balaban J connectivity index is 1.82. The maximum absolute atomic E-state index is 10.9. The van der Waals surface area contributed by atoms with Crippen LogP contribution in [0.2, 0.25) is 0 Å². The van der Waals surface area contributed by atoms with E-state index in [1.807, 2.05) is 37.3 Å². The van der Waals surface area contributed by atoms with Crippen molar-refractivity contribution in [3.8, 4) is 0 Å². The van der Waals surface area contributed by atoms with Gasteiger partial charge in [-0.3, -0.25) is 0 Å². The molecule has 0 saturated carbocycles. The van der Waals surface area contributed by atoms with Crippen LogP contribution in [0.1, 0.15) is 18.9 Å². The van der Waals surface area contributed by atoms with Crippen molar-refractivity contribution in [2.45, 2.75) is 20.0 Å². The number of benzene rings is 1. The number of cyclic esters (lactones) is 2. The molecule has 0 aliphatic carbocycles. The molecule has 0 aromatic heterocycles. The highest BCUT2D eigenvalue weighted by atomic mass is 16.7. The summed E-state index contributed by atoms with van der Waals surface area (Å²) >= 11 is 0. The van der Waals surface area contributed by atoms with E-state index in [9.17, 15) is 4.79 Å². The molecule has 1 fully saturated rings. The fraction of sp³-hybridized carbons (Fsp3) is 0.500. The first-order valence-corrected chi connectivity index (χ1v) is 6.15. The van der Waals surface area contributed by atoms with Crippen LogP contribution in [-0.4, -0.2) is 26.0 Å². The van der Waals surface area contributed by atoms with E-state index in [1.165, 1.54) is 0 Å². The molecule has 1 aromatic rings. The zero-order valence-electron chi connectivity index (χ0n) is 10.6. The molecule has 4 nitrogen and oxygen atoms in total. The quantitative estimate of drug-likeness (QED) is 0.754. The first-order valence-electron chi connectivity index (χ1n) is 6.15. The summed E-state index contributed by atoms with van der Waals surface area (Å²) in [6, 6.07) is 10.00. The van der Waals surface area contributed by atoms with Crippen LogP contribution in [0.15, 0.2) is 30.3 Å². The highest BCUT2D eigenvalue weighted by Crippen LogP contribution is 2.27. The lowest BCUT2D eigenvalue weighted by atomic mass is 9.87. The van der Waals surface area contributed by atoms with Gasteiger partial charge in [0.2, 0.25) is 0 Å². The van der Waals surface area contributed by atoms with Crippen molar-refractivity contribution >= 4 is 6.16 Å². The molecule has 0 amide bonds. The minimum atomic E-state index is -0.581. The van der Waals surface area contributed by atoms with Crippen molar-refractivity contribution in [2.75, 3.05) is 19.8 Å². The Morgan fingerprint density at radius 3 is 2.50 bits per heavy atom.